The second-order valence-corrected chi connectivity index (χ2v) is 8.72. The lowest BCUT2D eigenvalue weighted by Crippen LogP contribution is -2.23. The van der Waals surface area contributed by atoms with E-state index in [4.69, 9.17) is 27.9 Å². The van der Waals surface area contributed by atoms with Gasteiger partial charge in [-0.1, -0.05) is 77.0 Å². The molecule has 0 N–H and O–H groups in total. The second-order valence-electron chi connectivity index (χ2n) is 6.87. The fourth-order valence-corrected chi connectivity index (χ4v) is 5.09. The van der Waals surface area contributed by atoms with E-state index in [9.17, 15) is 9.59 Å². The molecular formula is C24H18Cl2N2O3S. The predicted molar refractivity (Wildman–Crippen MR) is 128 cm³/mol. The number of carbonyl (C=O) groups is 2. The maximum Gasteiger partial charge on any atom is 0.326 e. The first-order valence-corrected chi connectivity index (χ1v) is 11.4. The molecule has 1 aromatic heterocycles. The van der Waals surface area contributed by atoms with Gasteiger partial charge in [-0.25, -0.2) is 0 Å². The highest BCUT2D eigenvalue weighted by Crippen LogP contribution is 2.30. The topological polar surface area (TPSA) is 60.7 Å². The lowest BCUT2D eigenvalue weighted by atomic mass is 10.0. The summed E-state index contributed by atoms with van der Waals surface area (Å²) in [6, 6.07) is 20.4. The number of thiazole rings is 1. The number of carbonyl (C=O) groups excluding carboxylic acids is 2. The summed E-state index contributed by atoms with van der Waals surface area (Å²) < 4.78 is 7.39. The zero-order valence-corrected chi connectivity index (χ0v) is 19.4. The van der Waals surface area contributed by atoms with Gasteiger partial charge in [0.15, 0.2) is 4.80 Å². The van der Waals surface area contributed by atoms with Crippen molar-refractivity contribution in [2.75, 3.05) is 6.61 Å². The molecule has 0 radical (unpaired) electrons. The van der Waals surface area contributed by atoms with Crippen LogP contribution in [0.4, 0.5) is 0 Å². The molecule has 0 saturated carbocycles. The van der Waals surface area contributed by atoms with Crippen LogP contribution in [0.5, 0.6) is 0 Å². The van der Waals surface area contributed by atoms with E-state index in [0.717, 1.165) is 15.8 Å². The molecule has 0 unspecified atom stereocenters. The molecule has 0 saturated heterocycles. The third-order valence-corrected chi connectivity index (χ3v) is 6.26. The van der Waals surface area contributed by atoms with Crippen LogP contribution in [-0.2, 0) is 16.1 Å². The van der Waals surface area contributed by atoms with Gasteiger partial charge in [-0.3, -0.25) is 9.59 Å². The maximum atomic E-state index is 12.9. The van der Waals surface area contributed by atoms with E-state index < -0.39 is 11.9 Å². The summed E-state index contributed by atoms with van der Waals surface area (Å²) >= 11 is 13.8. The van der Waals surface area contributed by atoms with Gasteiger partial charge in [0.1, 0.15) is 6.54 Å². The van der Waals surface area contributed by atoms with Crippen molar-refractivity contribution in [2.24, 2.45) is 4.99 Å². The van der Waals surface area contributed by atoms with E-state index in [2.05, 4.69) is 4.99 Å². The van der Waals surface area contributed by atoms with Crippen LogP contribution in [0.25, 0.3) is 21.3 Å². The summed E-state index contributed by atoms with van der Waals surface area (Å²) in [4.78, 5) is 29.7. The van der Waals surface area contributed by atoms with Crippen LogP contribution in [0.1, 0.15) is 17.3 Å². The number of amides is 1. The van der Waals surface area contributed by atoms with Crippen molar-refractivity contribution in [3.63, 3.8) is 0 Å². The fourth-order valence-electron chi connectivity index (χ4n) is 3.28. The Labute approximate surface area is 198 Å². The highest BCUT2D eigenvalue weighted by Gasteiger charge is 2.16. The molecule has 0 bridgehead atoms. The molecule has 0 fully saturated rings. The molecular weight excluding hydrogens is 467 g/mol. The first-order chi connectivity index (χ1) is 15.5. The van der Waals surface area contributed by atoms with E-state index in [1.165, 1.54) is 11.3 Å². The van der Waals surface area contributed by atoms with Crippen molar-refractivity contribution in [3.05, 3.63) is 87.1 Å². The predicted octanol–water partition coefficient (Wildman–Crippen LogP) is 5.98. The van der Waals surface area contributed by atoms with Crippen molar-refractivity contribution >= 4 is 56.6 Å². The van der Waals surface area contributed by atoms with E-state index in [1.54, 1.807) is 35.8 Å². The van der Waals surface area contributed by atoms with Gasteiger partial charge >= 0.3 is 5.97 Å². The Hall–Kier alpha value is -2.93. The number of fused-ring (bicyclic) bond motifs is 1. The highest BCUT2D eigenvalue weighted by molar-refractivity contribution is 7.16. The zero-order valence-electron chi connectivity index (χ0n) is 17.0. The number of ether oxygens (including phenoxy) is 1. The standard InChI is InChI=1S/C24H18Cl2N2O3S/c1-2-31-21(29)14-28-22-19(26)12-18(25)13-20(22)32-24(28)27-23(30)17-10-8-16(9-11-17)15-6-4-3-5-7-15/h3-13H,2,14H2,1H3. The average molecular weight is 485 g/mol. The Kier molecular flexibility index (Phi) is 6.74. The summed E-state index contributed by atoms with van der Waals surface area (Å²) in [5.74, 6) is -0.865. The molecule has 0 aliphatic carbocycles. The quantitative estimate of drug-likeness (QED) is 0.327. The smallest absolute Gasteiger partial charge is 0.326 e. The zero-order chi connectivity index (χ0) is 22.7. The minimum atomic E-state index is -0.445. The van der Waals surface area contributed by atoms with Gasteiger partial charge in [0.25, 0.3) is 5.91 Å². The van der Waals surface area contributed by atoms with Gasteiger partial charge in [0.2, 0.25) is 0 Å². The maximum absolute atomic E-state index is 12.9. The van der Waals surface area contributed by atoms with E-state index >= 15 is 0 Å². The van der Waals surface area contributed by atoms with Gasteiger partial charge in [0, 0.05) is 10.6 Å². The SMILES string of the molecule is CCOC(=O)Cn1c(=NC(=O)c2ccc(-c3ccccc3)cc2)sc2cc(Cl)cc(Cl)c21. The molecule has 8 heteroatoms. The molecule has 0 aliphatic rings. The van der Waals surface area contributed by atoms with Gasteiger partial charge in [-0.15, -0.1) is 0 Å². The van der Waals surface area contributed by atoms with Crippen LogP contribution in [0.2, 0.25) is 10.0 Å². The Bertz CT molecular complexity index is 1360. The average Bonchev–Trinajstić information content (AvgIpc) is 3.11. The summed E-state index contributed by atoms with van der Waals surface area (Å²) in [6.07, 6.45) is 0. The van der Waals surface area contributed by atoms with Crippen molar-refractivity contribution in [3.8, 4) is 11.1 Å². The molecule has 0 atom stereocenters. The summed E-state index contributed by atoms with van der Waals surface area (Å²) in [7, 11) is 0. The number of aromatic nitrogens is 1. The van der Waals surface area contributed by atoms with Gasteiger partial charge in [-0.05, 0) is 42.3 Å². The normalized spacial score (nSPS) is 11.7. The third kappa shape index (κ3) is 4.78. The van der Waals surface area contributed by atoms with E-state index in [1.807, 2.05) is 42.5 Å². The molecule has 4 rings (SSSR count). The van der Waals surface area contributed by atoms with E-state index in [0.29, 0.717) is 25.9 Å². The number of benzene rings is 3. The minimum Gasteiger partial charge on any atom is -0.465 e. The number of halogens is 2. The number of hydrogen-bond acceptors (Lipinski definition) is 4. The Morgan fingerprint density at radius 3 is 2.38 bits per heavy atom. The summed E-state index contributed by atoms with van der Waals surface area (Å²) in [6.45, 7) is 1.86. The van der Waals surface area contributed by atoms with Crippen molar-refractivity contribution in [1.29, 1.82) is 0 Å². The minimum absolute atomic E-state index is 0.117. The van der Waals surface area contributed by atoms with Crippen LogP contribution >= 0.6 is 34.5 Å². The van der Waals surface area contributed by atoms with Crippen molar-refractivity contribution < 1.29 is 14.3 Å². The van der Waals surface area contributed by atoms with Gasteiger partial charge in [0.05, 0.1) is 21.8 Å². The molecule has 162 valence electrons. The third-order valence-electron chi connectivity index (χ3n) is 4.72. The number of rotatable bonds is 5. The Morgan fingerprint density at radius 1 is 1.00 bits per heavy atom. The molecule has 4 aromatic rings. The lowest BCUT2D eigenvalue weighted by molar-refractivity contribution is -0.143. The molecule has 1 heterocycles. The molecule has 32 heavy (non-hydrogen) atoms. The van der Waals surface area contributed by atoms with Crippen LogP contribution in [0.3, 0.4) is 0 Å². The summed E-state index contributed by atoms with van der Waals surface area (Å²) in [5.41, 5.74) is 3.09. The van der Waals surface area contributed by atoms with Gasteiger partial charge < -0.3 is 9.30 Å². The number of esters is 1. The van der Waals surface area contributed by atoms with Crippen LogP contribution in [0.15, 0.2) is 71.7 Å². The molecule has 1 amide bonds. The van der Waals surface area contributed by atoms with Gasteiger partial charge in [-0.2, -0.15) is 4.99 Å². The molecule has 3 aromatic carbocycles. The Morgan fingerprint density at radius 2 is 1.69 bits per heavy atom. The first-order valence-electron chi connectivity index (χ1n) is 9.85. The molecule has 0 spiro atoms. The second kappa shape index (κ2) is 9.69. The van der Waals surface area contributed by atoms with Crippen LogP contribution < -0.4 is 4.80 Å². The summed E-state index contributed by atoms with van der Waals surface area (Å²) in [5, 5.41) is 0.829. The Balaban J connectivity index is 1.74. The van der Waals surface area contributed by atoms with Crippen LogP contribution in [0, 0.1) is 0 Å². The van der Waals surface area contributed by atoms with E-state index in [-0.39, 0.29) is 13.2 Å². The number of hydrogen-bond donors (Lipinski definition) is 0. The molecule has 5 nitrogen and oxygen atoms in total. The largest absolute Gasteiger partial charge is 0.465 e. The monoisotopic (exact) mass is 484 g/mol. The lowest BCUT2D eigenvalue weighted by Gasteiger charge is -2.06. The van der Waals surface area contributed by atoms with Crippen molar-refractivity contribution in [2.45, 2.75) is 13.5 Å². The fraction of sp³-hybridized carbons (Fsp3) is 0.125. The first kappa shape index (κ1) is 22.3. The van der Waals surface area contributed by atoms with Crippen LogP contribution in [-0.4, -0.2) is 23.1 Å². The molecule has 0 aliphatic heterocycles. The number of nitrogens with zero attached hydrogens (tertiary/aromatic N) is 2. The highest BCUT2D eigenvalue weighted by atomic mass is 35.5. The van der Waals surface area contributed by atoms with Crippen molar-refractivity contribution in [1.82, 2.24) is 4.57 Å².